The average Bonchev–Trinajstić information content (AvgIpc) is 2.40. The van der Waals surface area contributed by atoms with Crippen molar-refractivity contribution in [1.29, 1.82) is 0 Å². The lowest BCUT2D eigenvalue weighted by Crippen LogP contribution is -2.48. The molecule has 1 N–H and O–H groups in total. The molecular formula is C14H22N2O2S. The lowest BCUT2D eigenvalue weighted by molar-refractivity contribution is 0.265. The Balaban J connectivity index is 1.87. The van der Waals surface area contributed by atoms with Crippen LogP contribution in [0.1, 0.15) is 31.7 Å². The standard InChI is InChI=1S/C14H22N2O2S/c1-13-7-5-6-12-16(13)19(17,18)15-11-10-14-8-3-2-4-9-14/h2-4,8-9,13,15H,5-7,10-12H2,1H3. The Morgan fingerprint density at radius 2 is 2.00 bits per heavy atom. The minimum absolute atomic E-state index is 0.114. The second-order valence-electron chi connectivity index (χ2n) is 5.09. The maximum absolute atomic E-state index is 12.2. The van der Waals surface area contributed by atoms with Crippen molar-refractivity contribution >= 4 is 10.2 Å². The Labute approximate surface area is 116 Å². The van der Waals surface area contributed by atoms with E-state index in [9.17, 15) is 8.42 Å². The summed E-state index contributed by atoms with van der Waals surface area (Å²) >= 11 is 0. The molecule has 1 atom stereocenters. The van der Waals surface area contributed by atoms with Crippen LogP contribution in [0.15, 0.2) is 30.3 Å². The molecule has 1 fully saturated rings. The fourth-order valence-corrected chi connectivity index (χ4v) is 3.96. The SMILES string of the molecule is CC1CCCCN1S(=O)(=O)NCCc1ccccc1. The van der Waals surface area contributed by atoms with Crippen LogP contribution in [0.3, 0.4) is 0 Å². The molecule has 1 aliphatic heterocycles. The van der Waals surface area contributed by atoms with E-state index in [1.165, 1.54) is 0 Å². The smallest absolute Gasteiger partial charge is 0.202 e. The summed E-state index contributed by atoms with van der Waals surface area (Å²) in [7, 11) is -3.32. The predicted octanol–water partition coefficient (Wildman–Crippen LogP) is 1.94. The van der Waals surface area contributed by atoms with Gasteiger partial charge in [0.05, 0.1) is 0 Å². The van der Waals surface area contributed by atoms with Crippen LogP contribution in [0.4, 0.5) is 0 Å². The number of hydrogen-bond donors (Lipinski definition) is 1. The third-order valence-electron chi connectivity index (χ3n) is 3.59. The van der Waals surface area contributed by atoms with Gasteiger partial charge in [0.1, 0.15) is 0 Å². The molecule has 1 aromatic carbocycles. The molecule has 0 bridgehead atoms. The highest BCUT2D eigenvalue weighted by molar-refractivity contribution is 7.87. The van der Waals surface area contributed by atoms with Gasteiger partial charge in [-0.05, 0) is 31.7 Å². The number of rotatable bonds is 5. The quantitative estimate of drug-likeness (QED) is 0.897. The van der Waals surface area contributed by atoms with Crippen LogP contribution < -0.4 is 4.72 Å². The molecule has 0 radical (unpaired) electrons. The maximum Gasteiger partial charge on any atom is 0.279 e. The molecule has 106 valence electrons. The second kappa shape index (κ2) is 6.50. The molecule has 19 heavy (non-hydrogen) atoms. The van der Waals surface area contributed by atoms with Crippen molar-refractivity contribution in [2.45, 2.75) is 38.6 Å². The number of nitrogens with zero attached hydrogens (tertiary/aromatic N) is 1. The second-order valence-corrected chi connectivity index (χ2v) is 6.80. The van der Waals surface area contributed by atoms with Crippen molar-refractivity contribution in [3.05, 3.63) is 35.9 Å². The van der Waals surface area contributed by atoms with Gasteiger partial charge in [0, 0.05) is 19.1 Å². The van der Waals surface area contributed by atoms with Crippen LogP contribution >= 0.6 is 0 Å². The third-order valence-corrected chi connectivity index (χ3v) is 5.32. The van der Waals surface area contributed by atoms with Gasteiger partial charge in [0.2, 0.25) is 0 Å². The predicted molar refractivity (Wildman–Crippen MR) is 77.1 cm³/mol. The average molecular weight is 282 g/mol. The van der Waals surface area contributed by atoms with E-state index in [2.05, 4.69) is 4.72 Å². The van der Waals surface area contributed by atoms with Crippen LogP contribution in [0.25, 0.3) is 0 Å². The molecule has 4 nitrogen and oxygen atoms in total. The summed E-state index contributed by atoms with van der Waals surface area (Å²) in [4.78, 5) is 0. The lowest BCUT2D eigenvalue weighted by Gasteiger charge is -2.32. The van der Waals surface area contributed by atoms with Gasteiger partial charge in [-0.15, -0.1) is 0 Å². The highest BCUT2D eigenvalue weighted by Crippen LogP contribution is 2.18. The number of nitrogens with one attached hydrogen (secondary N) is 1. The zero-order valence-electron chi connectivity index (χ0n) is 11.4. The summed E-state index contributed by atoms with van der Waals surface area (Å²) in [5, 5.41) is 0. The minimum atomic E-state index is -3.32. The zero-order chi connectivity index (χ0) is 13.7. The van der Waals surface area contributed by atoms with E-state index in [-0.39, 0.29) is 6.04 Å². The summed E-state index contributed by atoms with van der Waals surface area (Å²) in [6.07, 6.45) is 3.77. The van der Waals surface area contributed by atoms with Gasteiger partial charge in [0.25, 0.3) is 10.2 Å². The van der Waals surface area contributed by atoms with Crippen molar-refractivity contribution in [3.63, 3.8) is 0 Å². The van der Waals surface area contributed by atoms with Crippen LogP contribution in [-0.2, 0) is 16.6 Å². The number of piperidine rings is 1. The number of hydrogen-bond acceptors (Lipinski definition) is 2. The van der Waals surface area contributed by atoms with Gasteiger partial charge in [0.15, 0.2) is 0 Å². The van der Waals surface area contributed by atoms with Crippen molar-refractivity contribution in [1.82, 2.24) is 9.03 Å². The van der Waals surface area contributed by atoms with Crippen LogP contribution in [0.5, 0.6) is 0 Å². The fourth-order valence-electron chi connectivity index (χ4n) is 2.48. The van der Waals surface area contributed by atoms with Crippen molar-refractivity contribution < 1.29 is 8.42 Å². The van der Waals surface area contributed by atoms with Gasteiger partial charge in [-0.3, -0.25) is 0 Å². The van der Waals surface area contributed by atoms with Gasteiger partial charge < -0.3 is 0 Å². The molecule has 1 unspecified atom stereocenters. The first kappa shape index (κ1) is 14.5. The molecule has 0 amide bonds. The Kier molecular flexibility index (Phi) is 4.96. The molecule has 0 saturated carbocycles. The Hall–Kier alpha value is -0.910. The van der Waals surface area contributed by atoms with E-state index in [4.69, 9.17) is 0 Å². The van der Waals surface area contributed by atoms with E-state index in [1.807, 2.05) is 37.3 Å². The highest BCUT2D eigenvalue weighted by Gasteiger charge is 2.28. The van der Waals surface area contributed by atoms with Crippen molar-refractivity contribution in [3.8, 4) is 0 Å². The summed E-state index contributed by atoms with van der Waals surface area (Å²) in [6, 6.07) is 10.0. The maximum atomic E-state index is 12.2. The van der Waals surface area contributed by atoms with Gasteiger partial charge >= 0.3 is 0 Å². The molecule has 1 heterocycles. The van der Waals surface area contributed by atoms with Crippen LogP contribution in [0, 0.1) is 0 Å². The summed E-state index contributed by atoms with van der Waals surface area (Å²) in [6.45, 7) is 3.08. The first-order valence-corrected chi connectivity index (χ1v) is 8.34. The third kappa shape index (κ3) is 4.03. The first-order valence-electron chi connectivity index (χ1n) is 6.90. The molecule has 1 aliphatic rings. The molecule has 1 aromatic rings. The molecule has 5 heteroatoms. The normalized spacial score (nSPS) is 21.4. The van der Waals surface area contributed by atoms with Crippen LogP contribution in [-0.4, -0.2) is 31.9 Å². The summed E-state index contributed by atoms with van der Waals surface area (Å²) < 4.78 is 28.7. The zero-order valence-corrected chi connectivity index (χ0v) is 12.2. The Morgan fingerprint density at radius 3 is 2.68 bits per heavy atom. The fraction of sp³-hybridized carbons (Fsp3) is 0.571. The lowest BCUT2D eigenvalue weighted by atomic mass is 10.1. The van der Waals surface area contributed by atoms with Gasteiger partial charge in [-0.25, -0.2) is 4.72 Å². The summed E-state index contributed by atoms with van der Waals surface area (Å²) in [5.74, 6) is 0. The number of benzene rings is 1. The van der Waals surface area contributed by atoms with E-state index >= 15 is 0 Å². The van der Waals surface area contributed by atoms with E-state index in [0.29, 0.717) is 13.1 Å². The van der Waals surface area contributed by atoms with Crippen LogP contribution in [0.2, 0.25) is 0 Å². The first-order chi connectivity index (χ1) is 9.09. The monoisotopic (exact) mass is 282 g/mol. The molecule has 0 aliphatic carbocycles. The van der Waals surface area contributed by atoms with Crippen molar-refractivity contribution in [2.24, 2.45) is 0 Å². The molecular weight excluding hydrogens is 260 g/mol. The largest absolute Gasteiger partial charge is 0.279 e. The Morgan fingerprint density at radius 1 is 1.26 bits per heavy atom. The topological polar surface area (TPSA) is 49.4 Å². The highest BCUT2D eigenvalue weighted by atomic mass is 32.2. The van der Waals surface area contributed by atoms with Gasteiger partial charge in [-0.1, -0.05) is 36.8 Å². The van der Waals surface area contributed by atoms with Crippen molar-refractivity contribution in [2.75, 3.05) is 13.1 Å². The molecule has 2 rings (SSSR count). The summed E-state index contributed by atoms with van der Waals surface area (Å²) in [5.41, 5.74) is 1.15. The van der Waals surface area contributed by atoms with E-state index < -0.39 is 10.2 Å². The molecule has 0 spiro atoms. The van der Waals surface area contributed by atoms with E-state index in [1.54, 1.807) is 4.31 Å². The molecule has 1 saturated heterocycles. The molecule has 0 aromatic heterocycles. The van der Waals surface area contributed by atoms with Gasteiger partial charge in [-0.2, -0.15) is 12.7 Å². The van der Waals surface area contributed by atoms with E-state index in [0.717, 1.165) is 31.2 Å². The minimum Gasteiger partial charge on any atom is -0.202 e. The Bertz CT molecular complexity index is 487.